The summed E-state index contributed by atoms with van der Waals surface area (Å²) in [4.78, 5) is 14.0. The molecular weight excluding hydrogens is 284 g/mol. The first-order valence-electron chi connectivity index (χ1n) is 5.77. The second kappa shape index (κ2) is 5.18. The molecule has 0 spiro atoms. The summed E-state index contributed by atoms with van der Waals surface area (Å²) in [5.41, 5.74) is 0.808. The Kier molecular flexibility index (Phi) is 3.83. The summed E-state index contributed by atoms with van der Waals surface area (Å²) >= 11 is 3.37. The molecule has 94 valence electrons. The first-order chi connectivity index (χ1) is 8.13. The minimum atomic E-state index is -0.0888. The standard InChI is InChI=1S/C11H17BrN4O/c1-13-8-4-3-5-16(7-8)9-6-14-15(2)11(17)10(9)12/h6,8,13H,3-5,7H2,1-2H3. The van der Waals surface area contributed by atoms with Crippen LogP contribution in [-0.2, 0) is 7.05 Å². The maximum Gasteiger partial charge on any atom is 0.282 e. The maximum absolute atomic E-state index is 11.8. The Morgan fingerprint density at radius 2 is 2.35 bits per heavy atom. The number of hydrogen-bond donors (Lipinski definition) is 1. The van der Waals surface area contributed by atoms with Gasteiger partial charge in [0.25, 0.3) is 5.56 Å². The molecule has 1 aromatic rings. The van der Waals surface area contributed by atoms with E-state index in [2.05, 4.69) is 31.2 Å². The molecule has 2 rings (SSSR count). The van der Waals surface area contributed by atoms with E-state index in [1.165, 1.54) is 11.1 Å². The monoisotopic (exact) mass is 300 g/mol. The zero-order chi connectivity index (χ0) is 12.4. The van der Waals surface area contributed by atoms with Crippen LogP contribution in [0.3, 0.4) is 0 Å². The molecule has 5 nitrogen and oxygen atoms in total. The third-order valence-electron chi connectivity index (χ3n) is 3.23. The molecule has 1 unspecified atom stereocenters. The number of anilines is 1. The van der Waals surface area contributed by atoms with Crippen molar-refractivity contribution in [1.82, 2.24) is 15.1 Å². The Balaban J connectivity index is 2.28. The molecule has 0 saturated carbocycles. The lowest BCUT2D eigenvalue weighted by Gasteiger charge is -2.34. The van der Waals surface area contributed by atoms with Crippen LogP contribution in [0, 0.1) is 0 Å². The molecule has 1 fully saturated rings. The number of nitrogens with zero attached hydrogens (tertiary/aromatic N) is 3. The summed E-state index contributed by atoms with van der Waals surface area (Å²) < 4.78 is 1.94. The van der Waals surface area contributed by atoms with Gasteiger partial charge in [0, 0.05) is 26.2 Å². The largest absolute Gasteiger partial charge is 0.368 e. The van der Waals surface area contributed by atoms with Crippen LogP contribution < -0.4 is 15.8 Å². The minimum absolute atomic E-state index is 0.0888. The van der Waals surface area contributed by atoms with Crippen molar-refractivity contribution < 1.29 is 0 Å². The number of nitrogens with one attached hydrogen (secondary N) is 1. The molecule has 0 amide bonds. The molecule has 2 heterocycles. The van der Waals surface area contributed by atoms with Crippen LogP contribution in [0.4, 0.5) is 5.69 Å². The Hall–Kier alpha value is -0.880. The number of hydrogen-bond acceptors (Lipinski definition) is 4. The highest BCUT2D eigenvalue weighted by atomic mass is 79.9. The van der Waals surface area contributed by atoms with Gasteiger partial charge in [0.1, 0.15) is 4.47 Å². The second-order valence-electron chi connectivity index (χ2n) is 4.35. The van der Waals surface area contributed by atoms with Crippen LogP contribution in [0.25, 0.3) is 0 Å². The smallest absolute Gasteiger partial charge is 0.282 e. The highest BCUT2D eigenvalue weighted by molar-refractivity contribution is 9.10. The van der Waals surface area contributed by atoms with Crippen molar-refractivity contribution in [3.63, 3.8) is 0 Å². The molecule has 0 bridgehead atoms. The fraction of sp³-hybridized carbons (Fsp3) is 0.636. The summed E-state index contributed by atoms with van der Waals surface area (Å²) in [7, 11) is 3.63. The number of halogens is 1. The molecular formula is C11H17BrN4O. The predicted molar refractivity (Wildman–Crippen MR) is 71.5 cm³/mol. The summed E-state index contributed by atoms with van der Waals surface area (Å²) in [5, 5.41) is 7.37. The van der Waals surface area contributed by atoms with E-state index in [-0.39, 0.29) is 5.56 Å². The third-order valence-corrected chi connectivity index (χ3v) is 3.98. The summed E-state index contributed by atoms with van der Waals surface area (Å²) in [6.07, 6.45) is 4.07. The Morgan fingerprint density at radius 1 is 1.59 bits per heavy atom. The number of piperidine rings is 1. The Bertz CT molecular complexity index is 459. The lowest BCUT2D eigenvalue weighted by atomic mass is 10.1. The highest BCUT2D eigenvalue weighted by Crippen LogP contribution is 2.24. The van der Waals surface area contributed by atoms with E-state index in [1.807, 2.05) is 7.05 Å². The van der Waals surface area contributed by atoms with Gasteiger partial charge in [-0.3, -0.25) is 4.79 Å². The normalized spacial score (nSPS) is 20.6. The molecule has 1 atom stereocenters. The number of rotatable bonds is 2. The molecule has 1 aliphatic heterocycles. The average Bonchev–Trinajstić information content (AvgIpc) is 2.36. The fourth-order valence-electron chi connectivity index (χ4n) is 2.15. The quantitative estimate of drug-likeness (QED) is 0.875. The van der Waals surface area contributed by atoms with Gasteiger partial charge in [-0.15, -0.1) is 0 Å². The Morgan fingerprint density at radius 3 is 3.06 bits per heavy atom. The minimum Gasteiger partial charge on any atom is -0.368 e. The van der Waals surface area contributed by atoms with Gasteiger partial charge in [0.15, 0.2) is 0 Å². The molecule has 17 heavy (non-hydrogen) atoms. The van der Waals surface area contributed by atoms with Crippen molar-refractivity contribution in [2.45, 2.75) is 18.9 Å². The van der Waals surface area contributed by atoms with Gasteiger partial charge in [-0.25, -0.2) is 4.68 Å². The van der Waals surface area contributed by atoms with Crippen molar-refractivity contribution in [1.29, 1.82) is 0 Å². The zero-order valence-corrected chi connectivity index (χ0v) is 11.7. The lowest BCUT2D eigenvalue weighted by molar-refractivity contribution is 0.448. The molecule has 1 N–H and O–H groups in total. The SMILES string of the molecule is CNC1CCCN(c2cnn(C)c(=O)c2Br)C1. The number of likely N-dealkylation sites (N-methyl/N-ethyl adjacent to an activating group) is 1. The first kappa shape index (κ1) is 12.6. The van der Waals surface area contributed by atoms with Gasteiger partial charge in [0.2, 0.25) is 0 Å². The van der Waals surface area contributed by atoms with Crippen molar-refractivity contribution in [2.75, 3.05) is 25.0 Å². The van der Waals surface area contributed by atoms with Crippen LogP contribution in [0.1, 0.15) is 12.8 Å². The Labute approximate surface area is 109 Å². The molecule has 1 aromatic heterocycles. The van der Waals surface area contributed by atoms with E-state index in [0.717, 1.165) is 25.2 Å². The summed E-state index contributed by atoms with van der Waals surface area (Å²) in [6.45, 7) is 1.90. The van der Waals surface area contributed by atoms with E-state index in [9.17, 15) is 4.79 Å². The van der Waals surface area contributed by atoms with Gasteiger partial charge >= 0.3 is 0 Å². The third kappa shape index (κ3) is 2.52. The van der Waals surface area contributed by atoms with E-state index in [4.69, 9.17) is 0 Å². The molecule has 1 aliphatic rings. The molecule has 0 aliphatic carbocycles. The van der Waals surface area contributed by atoms with Crippen LogP contribution >= 0.6 is 15.9 Å². The molecule has 0 radical (unpaired) electrons. The van der Waals surface area contributed by atoms with Crippen LogP contribution in [-0.4, -0.2) is 36.0 Å². The van der Waals surface area contributed by atoms with Crippen molar-refractivity contribution >= 4 is 21.6 Å². The molecule has 1 saturated heterocycles. The number of aryl methyl sites for hydroxylation is 1. The van der Waals surface area contributed by atoms with Crippen molar-refractivity contribution in [2.24, 2.45) is 7.05 Å². The van der Waals surface area contributed by atoms with Gasteiger partial charge in [-0.1, -0.05) is 0 Å². The number of aromatic nitrogens is 2. The highest BCUT2D eigenvalue weighted by Gasteiger charge is 2.21. The van der Waals surface area contributed by atoms with E-state index < -0.39 is 0 Å². The second-order valence-corrected chi connectivity index (χ2v) is 5.14. The average molecular weight is 301 g/mol. The predicted octanol–water partition coefficient (Wildman–Crippen LogP) is 0.731. The van der Waals surface area contributed by atoms with Gasteiger partial charge in [0.05, 0.1) is 11.9 Å². The van der Waals surface area contributed by atoms with Gasteiger partial charge < -0.3 is 10.2 Å². The van der Waals surface area contributed by atoms with E-state index in [0.29, 0.717) is 10.5 Å². The van der Waals surface area contributed by atoms with Crippen LogP contribution in [0.5, 0.6) is 0 Å². The fourth-order valence-corrected chi connectivity index (χ4v) is 2.76. The van der Waals surface area contributed by atoms with Gasteiger partial charge in [-0.2, -0.15) is 5.10 Å². The maximum atomic E-state index is 11.8. The molecule has 6 heteroatoms. The van der Waals surface area contributed by atoms with Crippen molar-refractivity contribution in [3.8, 4) is 0 Å². The van der Waals surface area contributed by atoms with Crippen molar-refractivity contribution in [3.05, 3.63) is 21.0 Å². The van der Waals surface area contributed by atoms with Gasteiger partial charge in [-0.05, 0) is 35.8 Å². The first-order valence-corrected chi connectivity index (χ1v) is 6.57. The molecule has 0 aromatic carbocycles. The summed E-state index contributed by atoms with van der Waals surface area (Å²) in [6, 6.07) is 0.486. The lowest BCUT2D eigenvalue weighted by Crippen LogP contribution is -2.45. The van der Waals surface area contributed by atoms with Crippen LogP contribution in [0.2, 0.25) is 0 Å². The van der Waals surface area contributed by atoms with E-state index in [1.54, 1.807) is 13.2 Å². The van der Waals surface area contributed by atoms with Crippen LogP contribution in [0.15, 0.2) is 15.5 Å². The van der Waals surface area contributed by atoms with E-state index >= 15 is 0 Å². The summed E-state index contributed by atoms with van der Waals surface area (Å²) in [5.74, 6) is 0. The topological polar surface area (TPSA) is 50.2 Å². The zero-order valence-electron chi connectivity index (χ0n) is 10.1.